The van der Waals surface area contributed by atoms with E-state index < -0.39 is 6.10 Å². The van der Waals surface area contributed by atoms with Crippen molar-refractivity contribution in [3.8, 4) is 0 Å². The van der Waals surface area contributed by atoms with Gasteiger partial charge in [0, 0.05) is 19.3 Å². The van der Waals surface area contributed by atoms with Gasteiger partial charge in [-0.05, 0) is 44.9 Å². The van der Waals surface area contributed by atoms with Gasteiger partial charge in [0.15, 0.2) is 6.10 Å². The van der Waals surface area contributed by atoms with Crippen LogP contribution in [0.5, 0.6) is 0 Å². The number of ether oxygens (including phenoxy) is 3. The van der Waals surface area contributed by atoms with E-state index in [2.05, 4.69) is 32.9 Å². The van der Waals surface area contributed by atoms with Crippen LogP contribution < -0.4 is 0 Å². The molecule has 0 radical (unpaired) electrons. The summed E-state index contributed by atoms with van der Waals surface area (Å²) >= 11 is 0. The molecule has 0 saturated carbocycles. The fourth-order valence-electron chi connectivity index (χ4n) is 10.3. The van der Waals surface area contributed by atoms with Gasteiger partial charge in [0.05, 0.1) is 0 Å². The zero-order valence-electron chi connectivity index (χ0n) is 49.7. The minimum Gasteiger partial charge on any atom is -0.462 e. The van der Waals surface area contributed by atoms with E-state index in [9.17, 15) is 14.4 Å². The van der Waals surface area contributed by atoms with Gasteiger partial charge in [-0.1, -0.05) is 328 Å². The summed E-state index contributed by atoms with van der Waals surface area (Å²) in [5.74, 6) is -0.836. The van der Waals surface area contributed by atoms with Gasteiger partial charge in [-0.15, -0.1) is 0 Å². The van der Waals surface area contributed by atoms with E-state index in [1.807, 2.05) is 0 Å². The molecule has 0 aliphatic heterocycles. The van der Waals surface area contributed by atoms with Gasteiger partial charge >= 0.3 is 17.9 Å². The second-order valence-corrected chi connectivity index (χ2v) is 22.7. The Labute approximate surface area is 456 Å². The molecule has 1 atom stereocenters. The quantitative estimate of drug-likeness (QED) is 0.0261. The molecule has 0 bridgehead atoms. The smallest absolute Gasteiger partial charge is 0.306 e. The Kier molecular flexibility index (Phi) is 61.1. The zero-order chi connectivity index (χ0) is 52.9. The molecule has 0 rings (SSSR count). The summed E-state index contributed by atoms with van der Waals surface area (Å²) in [4.78, 5) is 38.3. The first kappa shape index (κ1) is 71.2. The van der Waals surface area contributed by atoms with Crippen LogP contribution in [-0.4, -0.2) is 37.2 Å². The lowest BCUT2D eigenvalue weighted by Gasteiger charge is -2.18. The molecule has 0 aromatic heterocycles. The first-order valence-electron chi connectivity index (χ1n) is 33.2. The Balaban J connectivity index is 4.27. The molecule has 0 fully saturated rings. The lowest BCUT2D eigenvalue weighted by Crippen LogP contribution is -2.30. The van der Waals surface area contributed by atoms with Crippen molar-refractivity contribution in [1.29, 1.82) is 0 Å². The van der Waals surface area contributed by atoms with Crippen LogP contribution in [-0.2, 0) is 28.6 Å². The van der Waals surface area contributed by atoms with E-state index in [1.54, 1.807) is 0 Å². The Morgan fingerprint density at radius 2 is 0.452 bits per heavy atom. The minimum atomic E-state index is -0.768. The van der Waals surface area contributed by atoms with E-state index in [0.29, 0.717) is 19.3 Å². The van der Waals surface area contributed by atoms with Crippen LogP contribution in [0.2, 0.25) is 0 Å². The van der Waals surface area contributed by atoms with Crippen molar-refractivity contribution >= 4 is 17.9 Å². The maximum Gasteiger partial charge on any atom is 0.306 e. The first-order valence-corrected chi connectivity index (χ1v) is 33.2. The number of unbranched alkanes of at least 4 members (excludes halogenated alkanes) is 49. The molecule has 0 aromatic carbocycles. The highest BCUT2D eigenvalue weighted by molar-refractivity contribution is 5.71. The monoisotopic (exact) mass is 1030 g/mol. The third-order valence-electron chi connectivity index (χ3n) is 15.3. The van der Waals surface area contributed by atoms with Gasteiger partial charge in [-0.2, -0.15) is 0 Å². The Morgan fingerprint density at radius 3 is 0.685 bits per heavy atom. The lowest BCUT2D eigenvalue weighted by atomic mass is 10.0. The molecule has 73 heavy (non-hydrogen) atoms. The summed E-state index contributed by atoms with van der Waals surface area (Å²) in [6, 6.07) is 0. The summed E-state index contributed by atoms with van der Waals surface area (Å²) in [6.07, 6.45) is 73.6. The molecule has 6 heteroatoms. The van der Waals surface area contributed by atoms with E-state index in [1.165, 1.54) is 283 Å². The fourth-order valence-corrected chi connectivity index (χ4v) is 10.3. The molecule has 0 saturated heterocycles. The number of hydrogen-bond acceptors (Lipinski definition) is 6. The van der Waals surface area contributed by atoms with Crippen molar-refractivity contribution in [3.63, 3.8) is 0 Å². The molecule has 432 valence electrons. The van der Waals surface area contributed by atoms with Crippen LogP contribution in [0.15, 0.2) is 12.2 Å². The van der Waals surface area contributed by atoms with Gasteiger partial charge in [0.1, 0.15) is 13.2 Å². The predicted octanol–water partition coefficient (Wildman–Crippen LogP) is 22.4. The van der Waals surface area contributed by atoms with Crippen LogP contribution in [0.1, 0.15) is 380 Å². The SMILES string of the molecule is CCCCCCCCC/C=C\CCCCCCCCCC(=O)OC(COC(=O)CCCCCCCCCCCCCCCCC)COC(=O)CCCCCCCCCCCCCCCCCCCCCCCC. The summed E-state index contributed by atoms with van der Waals surface area (Å²) in [5.41, 5.74) is 0. The first-order chi connectivity index (χ1) is 36.0. The Morgan fingerprint density at radius 1 is 0.260 bits per heavy atom. The number of esters is 3. The summed E-state index contributed by atoms with van der Waals surface area (Å²) in [5, 5.41) is 0. The second kappa shape index (κ2) is 62.7. The van der Waals surface area contributed by atoms with E-state index >= 15 is 0 Å². The van der Waals surface area contributed by atoms with Crippen molar-refractivity contribution in [3.05, 3.63) is 12.2 Å². The lowest BCUT2D eigenvalue weighted by molar-refractivity contribution is -0.167. The highest BCUT2D eigenvalue weighted by Crippen LogP contribution is 2.18. The van der Waals surface area contributed by atoms with Gasteiger partial charge < -0.3 is 14.2 Å². The van der Waals surface area contributed by atoms with Crippen molar-refractivity contribution in [2.75, 3.05) is 13.2 Å². The third-order valence-corrected chi connectivity index (χ3v) is 15.3. The average Bonchev–Trinajstić information content (AvgIpc) is 3.39. The molecule has 0 aliphatic carbocycles. The van der Waals surface area contributed by atoms with Crippen LogP contribution >= 0.6 is 0 Å². The third kappa shape index (κ3) is 60.9. The average molecular weight is 1030 g/mol. The summed E-state index contributed by atoms with van der Waals surface area (Å²) < 4.78 is 17.0. The molecule has 0 amide bonds. The fraction of sp³-hybridized carbons (Fsp3) is 0.925. The van der Waals surface area contributed by atoms with E-state index in [-0.39, 0.29) is 31.1 Å². The normalized spacial score (nSPS) is 12.0. The topological polar surface area (TPSA) is 78.9 Å². The molecule has 0 aliphatic rings. The van der Waals surface area contributed by atoms with E-state index in [4.69, 9.17) is 14.2 Å². The van der Waals surface area contributed by atoms with Crippen LogP contribution in [0.25, 0.3) is 0 Å². The second-order valence-electron chi connectivity index (χ2n) is 22.7. The largest absolute Gasteiger partial charge is 0.462 e. The molecule has 0 spiro atoms. The van der Waals surface area contributed by atoms with Crippen LogP contribution in [0, 0.1) is 0 Å². The zero-order valence-corrected chi connectivity index (χ0v) is 49.7. The summed E-state index contributed by atoms with van der Waals surface area (Å²) in [7, 11) is 0. The number of allylic oxidation sites excluding steroid dienone is 2. The molecule has 1 unspecified atom stereocenters. The maximum atomic E-state index is 12.9. The Bertz CT molecular complexity index is 1130. The summed E-state index contributed by atoms with van der Waals surface area (Å²) in [6.45, 7) is 6.72. The van der Waals surface area contributed by atoms with Crippen LogP contribution in [0.3, 0.4) is 0 Å². The maximum absolute atomic E-state index is 12.9. The highest BCUT2D eigenvalue weighted by Gasteiger charge is 2.19. The molecule has 6 nitrogen and oxygen atoms in total. The molecule has 0 heterocycles. The van der Waals surface area contributed by atoms with Gasteiger partial charge in [-0.3, -0.25) is 14.4 Å². The van der Waals surface area contributed by atoms with Gasteiger partial charge in [-0.25, -0.2) is 0 Å². The van der Waals surface area contributed by atoms with Crippen molar-refractivity contribution in [2.45, 2.75) is 386 Å². The minimum absolute atomic E-state index is 0.0650. The number of carbonyl (C=O) groups excluding carboxylic acids is 3. The molecular formula is C67H128O6. The predicted molar refractivity (Wildman–Crippen MR) is 317 cm³/mol. The molecule has 0 N–H and O–H groups in total. The van der Waals surface area contributed by atoms with Crippen molar-refractivity contribution in [1.82, 2.24) is 0 Å². The van der Waals surface area contributed by atoms with Crippen molar-refractivity contribution < 1.29 is 28.6 Å². The Hall–Kier alpha value is -1.85. The van der Waals surface area contributed by atoms with Crippen LogP contribution in [0.4, 0.5) is 0 Å². The number of hydrogen-bond donors (Lipinski definition) is 0. The molecular weight excluding hydrogens is 901 g/mol. The van der Waals surface area contributed by atoms with E-state index in [0.717, 1.165) is 57.8 Å². The van der Waals surface area contributed by atoms with Gasteiger partial charge in [0.25, 0.3) is 0 Å². The van der Waals surface area contributed by atoms with Gasteiger partial charge in [0.2, 0.25) is 0 Å². The molecule has 0 aromatic rings. The number of rotatable bonds is 62. The number of carbonyl (C=O) groups is 3. The van der Waals surface area contributed by atoms with Crippen molar-refractivity contribution in [2.24, 2.45) is 0 Å². The standard InChI is InChI=1S/C67H128O6/c1-4-7-10-13-16-19-22-25-28-30-32-33-34-35-37-39-42-45-48-51-54-57-60-66(69)72-63-64(62-71-65(68)59-56-53-50-47-44-41-38-27-24-21-18-15-12-9-6-3)73-67(70)61-58-55-52-49-46-43-40-36-31-29-26-23-20-17-14-11-8-5-2/h29,31,64H,4-28,30,32-63H2,1-3H3/b31-29-. The highest BCUT2D eigenvalue weighted by atomic mass is 16.6.